The zero-order valence-corrected chi connectivity index (χ0v) is 16.9. The van der Waals surface area contributed by atoms with Crippen LogP contribution < -0.4 is 4.74 Å². The van der Waals surface area contributed by atoms with Gasteiger partial charge in [0.2, 0.25) is 0 Å². The van der Waals surface area contributed by atoms with Gasteiger partial charge in [-0.2, -0.15) is 0 Å². The molecule has 2 aromatic carbocycles. The average Bonchev–Trinajstić information content (AvgIpc) is 3.12. The predicted molar refractivity (Wildman–Crippen MR) is 114 cm³/mol. The van der Waals surface area contributed by atoms with E-state index in [-0.39, 0.29) is 5.97 Å². The third-order valence-electron chi connectivity index (χ3n) is 5.06. The van der Waals surface area contributed by atoms with Gasteiger partial charge in [-0.15, -0.1) is 0 Å². The minimum absolute atomic E-state index is 0.219. The Balaban J connectivity index is 1.49. The molecule has 29 heavy (non-hydrogen) atoms. The van der Waals surface area contributed by atoms with E-state index >= 15 is 0 Å². The highest BCUT2D eigenvalue weighted by Crippen LogP contribution is 2.27. The van der Waals surface area contributed by atoms with Crippen molar-refractivity contribution in [1.82, 2.24) is 9.97 Å². The molecule has 0 spiro atoms. The molecule has 4 rings (SSSR count). The Morgan fingerprint density at radius 3 is 2.69 bits per heavy atom. The zero-order chi connectivity index (χ0) is 20.4. The lowest BCUT2D eigenvalue weighted by molar-refractivity contribution is -0.150. The van der Waals surface area contributed by atoms with Gasteiger partial charge in [-0.1, -0.05) is 24.3 Å². The van der Waals surface area contributed by atoms with Crippen molar-refractivity contribution in [3.05, 3.63) is 72.1 Å². The molecule has 0 bridgehead atoms. The molecule has 2 aromatic heterocycles. The van der Waals surface area contributed by atoms with Crippen molar-refractivity contribution in [2.45, 2.75) is 26.9 Å². The van der Waals surface area contributed by atoms with E-state index in [4.69, 9.17) is 9.47 Å². The van der Waals surface area contributed by atoms with E-state index in [1.165, 1.54) is 7.11 Å². The van der Waals surface area contributed by atoms with Crippen molar-refractivity contribution in [3.8, 4) is 5.75 Å². The largest absolute Gasteiger partial charge is 0.487 e. The van der Waals surface area contributed by atoms with Crippen molar-refractivity contribution in [2.75, 3.05) is 7.11 Å². The molecule has 148 valence electrons. The Kier molecular flexibility index (Phi) is 4.97. The number of benzene rings is 2. The number of aromatic amines is 1. The number of H-pyrrole nitrogens is 1. The number of esters is 1. The number of ether oxygens (including phenoxy) is 2. The topological polar surface area (TPSA) is 64.2 Å². The lowest BCUT2D eigenvalue weighted by Crippen LogP contribution is -2.28. The summed E-state index contributed by atoms with van der Waals surface area (Å²) in [5.41, 5.74) is 3.27. The first-order chi connectivity index (χ1) is 13.9. The Labute approximate surface area is 169 Å². The Bertz CT molecular complexity index is 1180. The van der Waals surface area contributed by atoms with Gasteiger partial charge in [-0.3, -0.25) is 4.79 Å². The van der Waals surface area contributed by atoms with E-state index in [9.17, 15) is 4.79 Å². The molecule has 0 saturated heterocycles. The van der Waals surface area contributed by atoms with Crippen LogP contribution in [0.25, 0.3) is 21.8 Å². The van der Waals surface area contributed by atoms with Crippen LogP contribution in [-0.4, -0.2) is 23.0 Å². The molecule has 0 unspecified atom stereocenters. The maximum Gasteiger partial charge on any atom is 0.311 e. The molecule has 0 aliphatic carbocycles. The quantitative estimate of drug-likeness (QED) is 0.470. The number of methoxy groups -OCH3 is 1. The fourth-order valence-electron chi connectivity index (χ4n) is 3.53. The molecule has 0 saturated carbocycles. The molecule has 0 atom stereocenters. The monoisotopic (exact) mass is 388 g/mol. The van der Waals surface area contributed by atoms with Gasteiger partial charge >= 0.3 is 5.97 Å². The summed E-state index contributed by atoms with van der Waals surface area (Å²) < 4.78 is 10.9. The summed E-state index contributed by atoms with van der Waals surface area (Å²) in [5, 5.41) is 2.16. The van der Waals surface area contributed by atoms with E-state index in [0.717, 1.165) is 38.9 Å². The van der Waals surface area contributed by atoms with Crippen LogP contribution in [0.1, 0.15) is 25.2 Å². The molecular formula is C24H24N2O3. The molecule has 0 aliphatic rings. The standard InChI is InChI=1S/C24H24N2O3/c1-24(2,23(27)28-3)14-19-12-17-13-20(10-11-22(17)26-19)29-15-18-9-8-16-6-4-5-7-21(16)25-18/h4-13,26H,14-15H2,1-3H3. The van der Waals surface area contributed by atoms with E-state index < -0.39 is 5.41 Å². The molecule has 4 aromatic rings. The number of hydrogen-bond donors (Lipinski definition) is 1. The molecule has 5 nitrogen and oxygen atoms in total. The van der Waals surface area contributed by atoms with Gasteiger partial charge in [0.15, 0.2) is 0 Å². The second-order valence-electron chi connectivity index (χ2n) is 7.88. The second-order valence-corrected chi connectivity index (χ2v) is 7.88. The molecular weight excluding hydrogens is 364 g/mol. The van der Waals surface area contributed by atoms with Gasteiger partial charge in [-0.25, -0.2) is 4.98 Å². The van der Waals surface area contributed by atoms with E-state index in [1.807, 2.05) is 62.4 Å². The summed E-state index contributed by atoms with van der Waals surface area (Å²) >= 11 is 0. The normalized spacial score (nSPS) is 11.7. The third-order valence-corrected chi connectivity index (χ3v) is 5.06. The van der Waals surface area contributed by atoms with E-state index in [2.05, 4.69) is 22.1 Å². The van der Waals surface area contributed by atoms with Crippen LogP contribution >= 0.6 is 0 Å². The first-order valence-electron chi connectivity index (χ1n) is 9.62. The van der Waals surface area contributed by atoms with Crippen LogP contribution in [0.4, 0.5) is 0 Å². The molecule has 0 fully saturated rings. The number of pyridine rings is 1. The SMILES string of the molecule is COC(=O)C(C)(C)Cc1cc2cc(OCc3ccc4ccccc4n3)ccc2[nH]1. The van der Waals surface area contributed by atoms with Crippen LogP contribution in [-0.2, 0) is 22.6 Å². The first-order valence-corrected chi connectivity index (χ1v) is 9.62. The number of rotatable bonds is 6. The number of para-hydroxylation sites is 1. The third kappa shape index (κ3) is 4.09. The summed E-state index contributed by atoms with van der Waals surface area (Å²) in [6.07, 6.45) is 0.575. The molecule has 0 radical (unpaired) electrons. The van der Waals surface area contributed by atoms with Crippen LogP contribution in [0.15, 0.2) is 60.7 Å². The van der Waals surface area contributed by atoms with Gasteiger partial charge in [0.05, 0.1) is 23.7 Å². The summed E-state index contributed by atoms with van der Waals surface area (Å²) in [7, 11) is 1.42. The number of fused-ring (bicyclic) bond motifs is 2. The molecule has 5 heteroatoms. The number of aromatic nitrogens is 2. The number of nitrogens with one attached hydrogen (secondary N) is 1. The first kappa shape index (κ1) is 19.0. The average molecular weight is 388 g/mol. The smallest absolute Gasteiger partial charge is 0.311 e. The maximum atomic E-state index is 11.9. The summed E-state index contributed by atoms with van der Waals surface area (Å²) in [4.78, 5) is 20.0. The Morgan fingerprint density at radius 2 is 1.86 bits per heavy atom. The van der Waals surface area contributed by atoms with Gasteiger partial charge in [0.25, 0.3) is 0 Å². The van der Waals surface area contributed by atoms with Gasteiger partial charge in [0, 0.05) is 28.4 Å². The van der Waals surface area contributed by atoms with Crippen molar-refractivity contribution in [3.63, 3.8) is 0 Å². The van der Waals surface area contributed by atoms with Crippen LogP contribution in [0.3, 0.4) is 0 Å². The number of hydrogen-bond acceptors (Lipinski definition) is 4. The predicted octanol–water partition coefficient (Wildman–Crippen LogP) is 5.04. The summed E-state index contributed by atoms with van der Waals surface area (Å²) in [5.74, 6) is 0.563. The zero-order valence-electron chi connectivity index (χ0n) is 16.9. The van der Waals surface area contributed by atoms with Gasteiger partial charge in [0.1, 0.15) is 12.4 Å². The van der Waals surface area contributed by atoms with Gasteiger partial charge < -0.3 is 14.5 Å². The molecule has 1 N–H and O–H groups in total. The molecule has 0 aliphatic heterocycles. The van der Waals surface area contributed by atoms with Gasteiger partial charge in [-0.05, 0) is 50.2 Å². The van der Waals surface area contributed by atoms with Crippen molar-refractivity contribution < 1.29 is 14.3 Å². The minimum atomic E-state index is -0.587. The van der Waals surface area contributed by atoms with Crippen LogP contribution in [0.5, 0.6) is 5.75 Å². The number of nitrogens with zero attached hydrogens (tertiary/aromatic N) is 1. The highest BCUT2D eigenvalue weighted by Gasteiger charge is 2.29. The summed E-state index contributed by atoms with van der Waals surface area (Å²) in [6, 6.07) is 20.1. The van der Waals surface area contributed by atoms with Crippen LogP contribution in [0, 0.1) is 5.41 Å². The fraction of sp³-hybridized carbons (Fsp3) is 0.250. The number of carbonyl (C=O) groups is 1. The lowest BCUT2D eigenvalue weighted by atomic mass is 9.88. The van der Waals surface area contributed by atoms with Crippen LogP contribution in [0.2, 0.25) is 0 Å². The van der Waals surface area contributed by atoms with E-state index in [1.54, 1.807) is 0 Å². The number of carbonyl (C=O) groups excluding carboxylic acids is 1. The second kappa shape index (κ2) is 7.59. The Morgan fingerprint density at radius 1 is 1.03 bits per heavy atom. The van der Waals surface area contributed by atoms with E-state index in [0.29, 0.717) is 13.0 Å². The summed E-state index contributed by atoms with van der Waals surface area (Å²) in [6.45, 7) is 4.17. The fourth-order valence-corrected chi connectivity index (χ4v) is 3.53. The van der Waals surface area contributed by atoms with Crippen molar-refractivity contribution >= 4 is 27.8 Å². The molecule has 2 heterocycles. The minimum Gasteiger partial charge on any atom is -0.487 e. The van der Waals surface area contributed by atoms with Crippen molar-refractivity contribution in [2.24, 2.45) is 5.41 Å². The highest BCUT2D eigenvalue weighted by molar-refractivity contribution is 5.83. The Hall–Kier alpha value is -3.34. The molecule has 0 amide bonds. The highest BCUT2D eigenvalue weighted by atomic mass is 16.5. The van der Waals surface area contributed by atoms with Crippen molar-refractivity contribution in [1.29, 1.82) is 0 Å². The maximum absolute atomic E-state index is 11.9. The lowest BCUT2D eigenvalue weighted by Gasteiger charge is -2.20.